The Hall–Kier alpha value is -1.10. The van der Waals surface area contributed by atoms with Crippen LogP contribution in [0.4, 0.5) is 0 Å². The third kappa shape index (κ3) is 4.34. The highest BCUT2D eigenvalue weighted by molar-refractivity contribution is 5.87. The first-order valence-corrected chi connectivity index (χ1v) is 6.16. The lowest BCUT2D eigenvalue weighted by Crippen LogP contribution is -2.49. The molecule has 1 amide bonds. The maximum absolute atomic E-state index is 11.9. The van der Waals surface area contributed by atoms with E-state index < -0.39 is 6.04 Å². The highest BCUT2D eigenvalue weighted by Gasteiger charge is 2.28. The Morgan fingerprint density at radius 1 is 1.47 bits per heavy atom. The number of esters is 1. The van der Waals surface area contributed by atoms with Crippen LogP contribution in [0, 0.1) is 5.92 Å². The molecule has 0 aromatic carbocycles. The van der Waals surface area contributed by atoms with Gasteiger partial charge < -0.3 is 15.4 Å². The minimum absolute atomic E-state index is 0.0986. The smallest absolute Gasteiger partial charge is 0.328 e. The van der Waals surface area contributed by atoms with Crippen molar-refractivity contribution in [2.75, 3.05) is 13.7 Å². The molecule has 0 bridgehead atoms. The highest BCUT2D eigenvalue weighted by atomic mass is 16.5. The number of carbonyl (C=O) groups is 2. The van der Waals surface area contributed by atoms with E-state index in [1.54, 1.807) is 0 Å². The number of methoxy groups -OCH3 is 1. The second-order valence-corrected chi connectivity index (χ2v) is 4.86. The van der Waals surface area contributed by atoms with Gasteiger partial charge in [-0.3, -0.25) is 4.79 Å². The van der Waals surface area contributed by atoms with Crippen molar-refractivity contribution in [3.05, 3.63) is 0 Å². The van der Waals surface area contributed by atoms with Crippen LogP contribution in [-0.2, 0) is 14.3 Å². The molecule has 1 rings (SSSR count). The van der Waals surface area contributed by atoms with Gasteiger partial charge in [0.15, 0.2) is 0 Å². The number of hydrogen-bond acceptors (Lipinski definition) is 4. The second-order valence-electron chi connectivity index (χ2n) is 4.86. The molecule has 0 radical (unpaired) electrons. The average Bonchev–Trinajstić information content (AvgIpc) is 2.79. The largest absolute Gasteiger partial charge is 0.467 e. The molecule has 1 fully saturated rings. The zero-order valence-electron chi connectivity index (χ0n) is 10.8. The average molecular weight is 242 g/mol. The molecular weight excluding hydrogens is 220 g/mol. The standard InChI is InChI=1S/C12H22N2O3/c1-8(2)7-10(12(16)17-3)14-11(15)9-5-4-6-13-9/h8-10,13H,4-7H2,1-3H3,(H,14,15)/t9-,10?/m1/s1. The zero-order chi connectivity index (χ0) is 12.8. The lowest BCUT2D eigenvalue weighted by atomic mass is 10.0. The number of nitrogens with one attached hydrogen (secondary N) is 2. The van der Waals surface area contributed by atoms with Crippen LogP contribution < -0.4 is 10.6 Å². The minimum Gasteiger partial charge on any atom is -0.467 e. The molecular formula is C12H22N2O3. The molecule has 1 heterocycles. The molecule has 1 unspecified atom stereocenters. The summed E-state index contributed by atoms with van der Waals surface area (Å²) in [4.78, 5) is 23.4. The Kier molecular flexibility index (Phi) is 5.41. The van der Waals surface area contributed by atoms with Gasteiger partial charge in [-0.15, -0.1) is 0 Å². The van der Waals surface area contributed by atoms with E-state index in [9.17, 15) is 9.59 Å². The number of rotatable bonds is 5. The first-order valence-electron chi connectivity index (χ1n) is 6.16. The van der Waals surface area contributed by atoms with Crippen molar-refractivity contribution in [1.29, 1.82) is 0 Å². The van der Waals surface area contributed by atoms with Crippen molar-refractivity contribution in [2.24, 2.45) is 5.92 Å². The maximum Gasteiger partial charge on any atom is 0.328 e. The van der Waals surface area contributed by atoms with Crippen molar-refractivity contribution in [3.63, 3.8) is 0 Å². The summed E-state index contributed by atoms with van der Waals surface area (Å²) in [5.74, 6) is -0.139. The number of carbonyl (C=O) groups excluding carboxylic acids is 2. The van der Waals surface area contributed by atoms with E-state index in [1.807, 2.05) is 13.8 Å². The summed E-state index contributed by atoms with van der Waals surface area (Å²) in [6.07, 6.45) is 2.44. The molecule has 5 nitrogen and oxygen atoms in total. The lowest BCUT2D eigenvalue weighted by Gasteiger charge is -2.20. The van der Waals surface area contributed by atoms with E-state index in [0.717, 1.165) is 19.4 Å². The molecule has 0 spiro atoms. The van der Waals surface area contributed by atoms with E-state index in [0.29, 0.717) is 12.3 Å². The summed E-state index contributed by atoms with van der Waals surface area (Å²) in [5, 5.41) is 5.87. The van der Waals surface area contributed by atoms with Crippen molar-refractivity contribution >= 4 is 11.9 Å². The van der Waals surface area contributed by atoms with Crippen molar-refractivity contribution in [2.45, 2.75) is 45.2 Å². The zero-order valence-corrected chi connectivity index (χ0v) is 10.8. The summed E-state index contributed by atoms with van der Waals surface area (Å²) >= 11 is 0. The molecule has 17 heavy (non-hydrogen) atoms. The fraction of sp³-hybridized carbons (Fsp3) is 0.833. The van der Waals surface area contributed by atoms with Crippen LogP contribution in [0.5, 0.6) is 0 Å². The van der Waals surface area contributed by atoms with Crippen LogP contribution in [-0.4, -0.2) is 37.6 Å². The number of ether oxygens (including phenoxy) is 1. The monoisotopic (exact) mass is 242 g/mol. The maximum atomic E-state index is 11.9. The molecule has 0 aromatic rings. The second kappa shape index (κ2) is 6.59. The molecule has 0 saturated carbocycles. The molecule has 5 heteroatoms. The predicted octanol–water partition coefficient (Wildman–Crippen LogP) is 0.442. The van der Waals surface area contributed by atoms with Crippen LogP contribution in [0.25, 0.3) is 0 Å². The summed E-state index contributed by atoms with van der Waals surface area (Å²) in [5.41, 5.74) is 0. The Balaban J connectivity index is 2.52. The van der Waals surface area contributed by atoms with Gasteiger partial charge in [0, 0.05) is 0 Å². The van der Waals surface area contributed by atoms with Crippen LogP contribution in [0.1, 0.15) is 33.1 Å². The normalized spacial score (nSPS) is 21.3. The summed E-state index contributed by atoms with van der Waals surface area (Å²) in [6.45, 7) is 4.89. The van der Waals surface area contributed by atoms with Crippen LogP contribution in [0.2, 0.25) is 0 Å². The fourth-order valence-corrected chi connectivity index (χ4v) is 2.01. The van der Waals surface area contributed by atoms with E-state index in [4.69, 9.17) is 4.74 Å². The molecule has 1 aliphatic heterocycles. The molecule has 0 aliphatic carbocycles. The van der Waals surface area contributed by atoms with Gasteiger partial charge >= 0.3 is 5.97 Å². The quantitative estimate of drug-likeness (QED) is 0.687. The minimum atomic E-state index is -0.533. The first-order chi connectivity index (χ1) is 8.04. The van der Waals surface area contributed by atoms with E-state index in [2.05, 4.69) is 10.6 Å². The van der Waals surface area contributed by atoms with Gasteiger partial charge in [-0.2, -0.15) is 0 Å². The summed E-state index contributed by atoms with van der Waals surface area (Å²) in [6, 6.07) is -0.691. The van der Waals surface area contributed by atoms with Crippen LogP contribution >= 0.6 is 0 Å². The SMILES string of the molecule is COC(=O)C(CC(C)C)NC(=O)[C@H]1CCCN1. The van der Waals surface area contributed by atoms with Gasteiger partial charge in [0.25, 0.3) is 0 Å². The Labute approximate surface area is 102 Å². The van der Waals surface area contributed by atoms with Gasteiger partial charge in [0.05, 0.1) is 13.2 Å². The topological polar surface area (TPSA) is 67.4 Å². The summed E-state index contributed by atoms with van der Waals surface area (Å²) in [7, 11) is 1.34. The fourth-order valence-electron chi connectivity index (χ4n) is 2.01. The molecule has 1 aliphatic rings. The molecule has 2 atom stereocenters. The Bertz CT molecular complexity index is 273. The van der Waals surface area contributed by atoms with Crippen LogP contribution in [0.15, 0.2) is 0 Å². The third-order valence-corrected chi connectivity index (χ3v) is 2.89. The molecule has 2 N–H and O–H groups in total. The van der Waals surface area contributed by atoms with E-state index >= 15 is 0 Å². The molecule has 98 valence electrons. The summed E-state index contributed by atoms with van der Waals surface area (Å²) < 4.78 is 4.70. The van der Waals surface area contributed by atoms with Crippen molar-refractivity contribution in [1.82, 2.24) is 10.6 Å². The van der Waals surface area contributed by atoms with E-state index in [1.165, 1.54) is 7.11 Å². The van der Waals surface area contributed by atoms with Crippen LogP contribution in [0.3, 0.4) is 0 Å². The lowest BCUT2D eigenvalue weighted by molar-refractivity contribution is -0.145. The van der Waals surface area contributed by atoms with Gasteiger partial charge in [-0.05, 0) is 31.7 Å². The number of hydrogen-bond donors (Lipinski definition) is 2. The molecule has 1 saturated heterocycles. The van der Waals surface area contributed by atoms with Gasteiger partial charge in [0.1, 0.15) is 6.04 Å². The van der Waals surface area contributed by atoms with Gasteiger partial charge in [0.2, 0.25) is 5.91 Å². The van der Waals surface area contributed by atoms with E-state index in [-0.39, 0.29) is 17.9 Å². The molecule has 0 aromatic heterocycles. The third-order valence-electron chi connectivity index (χ3n) is 2.89. The predicted molar refractivity (Wildman–Crippen MR) is 64.4 cm³/mol. The van der Waals surface area contributed by atoms with Gasteiger partial charge in [-0.25, -0.2) is 4.79 Å². The van der Waals surface area contributed by atoms with Crippen molar-refractivity contribution in [3.8, 4) is 0 Å². The first kappa shape index (κ1) is 14.0. The Morgan fingerprint density at radius 3 is 2.65 bits per heavy atom. The van der Waals surface area contributed by atoms with Crippen molar-refractivity contribution < 1.29 is 14.3 Å². The number of amides is 1. The van der Waals surface area contributed by atoms with Gasteiger partial charge in [-0.1, -0.05) is 13.8 Å². The Morgan fingerprint density at radius 2 is 2.18 bits per heavy atom. The highest BCUT2D eigenvalue weighted by Crippen LogP contribution is 2.09.